The molecule has 3 aliphatic heterocycles. The van der Waals surface area contributed by atoms with Crippen LogP contribution in [0.15, 0.2) is 71.9 Å². The van der Waals surface area contributed by atoms with Crippen molar-refractivity contribution in [2.75, 3.05) is 26.1 Å². The number of hydrogen-bond donors (Lipinski definition) is 4. The number of allylic oxidation sites excluding steroid dienone is 6. The summed E-state index contributed by atoms with van der Waals surface area (Å²) in [7, 11) is 3.01. The van der Waals surface area contributed by atoms with Gasteiger partial charge in [0, 0.05) is 50.4 Å². The zero-order chi connectivity index (χ0) is 53.6. The molecule has 0 aromatic heterocycles. The Balaban J connectivity index is 1.49. The van der Waals surface area contributed by atoms with Crippen LogP contribution >= 0.6 is 0 Å². The van der Waals surface area contributed by atoms with E-state index in [1.165, 1.54) is 24.1 Å². The Morgan fingerprint density at radius 1 is 0.863 bits per heavy atom. The molecule has 2 bridgehead atoms. The van der Waals surface area contributed by atoms with Crippen molar-refractivity contribution in [3.63, 3.8) is 0 Å². The molecule has 0 spiro atoms. The number of esters is 1. The number of carbonyl (C=O) groups excluding carboxylic acids is 4. The molecule has 1 saturated carbocycles. The number of hydrogen-bond acceptors (Lipinski definition) is 13. The third-order valence-corrected chi connectivity index (χ3v) is 15.7. The van der Waals surface area contributed by atoms with Crippen LogP contribution in [0.2, 0.25) is 0 Å². The predicted octanol–water partition coefficient (Wildman–Crippen LogP) is 9.07. The summed E-state index contributed by atoms with van der Waals surface area (Å²) in [6.45, 7) is 10.3. The van der Waals surface area contributed by atoms with Crippen LogP contribution in [-0.4, -0.2) is 126 Å². The zero-order valence-electron chi connectivity index (χ0n) is 44.6. The molecule has 2 saturated heterocycles. The summed E-state index contributed by atoms with van der Waals surface area (Å²) >= 11 is 0. The van der Waals surface area contributed by atoms with Crippen LogP contribution in [0.3, 0.4) is 0 Å². The van der Waals surface area contributed by atoms with E-state index in [2.05, 4.69) is 10.1 Å². The average molecular weight is 1030 g/mol. The van der Waals surface area contributed by atoms with E-state index in [4.69, 9.17) is 18.9 Å². The van der Waals surface area contributed by atoms with Crippen molar-refractivity contribution in [2.24, 2.45) is 35.5 Å². The maximum Gasteiger partial charge on any atom is 0.387 e. The molecule has 4 N–H and O–H groups in total. The lowest BCUT2D eigenvalue weighted by Gasteiger charge is -2.43. The Kier molecular flexibility index (Phi) is 22.8. The number of cyclic esters (lactones) is 1. The number of ether oxygens (including phenoxy) is 5. The number of methoxy groups -OCH3 is 2. The largest absolute Gasteiger partial charge is 0.461 e. The molecule has 5 rings (SSSR count). The number of Topliss-reactive ketones (excluding diaryl/α,β-unsaturated/α-hetero) is 2. The first-order valence-corrected chi connectivity index (χ1v) is 26.6. The highest BCUT2D eigenvalue weighted by Crippen LogP contribution is 2.38. The first-order valence-electron chi connectivity index (χ1n) is 26.6. The number of aliphatic hydroxyl groups is 3. The second kappa shape index (κ2) is 28.0. The number of fused-ring (bicyclic) bond motifs is 3. The second-order valence-electron chi connectivity index (χ2n) is 21.6. The van der Waals surface area contributed by atoms with Gasteiger partial charge in [-0.05, 0) is 139 Å². The molecular weight excluding hydrogens is 943 g/mol. The lowest BCUT2D eigenvalue weighted by molar-refractivity contribution is -0.263. The highest BCUT2D eigenvalue weighted by molar-refractivity contribution is 6.39. The maximum atomic E-state index is 14.5. The summed E-state index contributed by atoms with van der Waals surface area (Å²) in [6.07, 6.45) is 13.5. The number of halogens is 2. The number of nitrogens with one attached hydrogen (secondary N) is 1. The average Bonchev–Trinajstić information content (AvgIpc) is 3.35. The van der Waals surface area contributed by atoms with Crippen LogP contribution in [-0.2, 0) is 38.1 Å². The van der Waals surface area contributed by atoms with Crippen molar-refractivity contribution in [3.05, 3.63) is 71.9 Å². The Labute approximate surface area is 431 Å². The number of benzene rings is 1. The molecule has 1 amide bonds. The number of rotatable bonds is 9. The van der Waals surface area contributed by atoms with E-state index in [-0.39, 0.29) is 60.7 Å². The van der Waals surface area contributed by atoms with Crippen LogP contribution in [0.1, 0.15) is 132 Å². The minimum atomic E-state index is -3.03. The third kappa shape index (κ3) is 16.6. The smallest absolute Gasteiger partial charge is 0.387 e. The molecule has 15 atom stereocenters. The summed E-state index contributed by atoms with van der Waals surface area (Å²) < 4.78 is 55.1. The predicted molar refractivity (Wildman–Crippen MR) is 274 cm³/mol. The fourth-order valence-corrected chi connectivity index (χ4v) is 11.2. The Morgan fingerprint density at radius 2 is 1.62 bits per heavy atom. The van der Waals surface area contributed by atoms with Crippen molar-refractivity contribution >= 4 is 29.1 Å². The molecule has 3 heterocycles. The van der Waals surface area contributed by atoms with E-state index in [0.717, 1.165) is 12.0 Å². The molecule has 1 aliphatic carbocycles. The number of nitrogens with zero attached hydrogens (tertiary/aromatic N) is 1. The Hall–Kier alpha value is -4.32. The van der Waals surface area contributed by atoms with Crippen molar-refractivity contribution in [3.8, 4) is 5.75 Å². The Morgan fingerprint density at radius 3 is 2.33 bits per heavy atom. The topological polar surface area (TPSA) is 190 Å². The number of anilines is 1. The van der Waals surface area contributed by atoms with Gasteiger partial charge in [0.15, 0.2) is 5.78 Å². The Bertz CT molecular complexity index is 2110. The van der Waals surface area contributed by atoms with E-state index in [1.54, 1.807) is 33.1 Å². The SMILES string of the molecule is CO[C@@H]1C[C@@H](C[C@@H](C)[C@@H]2CC[C@H](C)/C=C(\C)[C@@H](O)[C@@H](OC)C(=O)[C@H](C)C[C@H](C)/C=C/C=C/C=C(\C)C(Nc3cccc(OC(F)F)c3)C[C@@H]3CC[C@@H](C)[C@@](O)(O3)C(=O)C(=O)N3CCCC[C@H]3C(=O)O2)CC[C@H]1O. The van der Waals surface area contributed by atoms with E-state index in [0.29, 0.717) is 75.5 Å². The number of alkyl halides is 2. The quantitative estimate of drug-likeness (QED) is 0.104. The fraction of sp³-hybridized carbons (Fsp3) is 0.684. The fourth-order valence-electron chi connectivity index (χ4n) is 11.2. The van der Waals surface area contributed by atoms with E-state index in [9.17, 15) is 43.3 Å². The van der Waals surface area contributed by atoms with Gasteiger partial charge in [0.25, 0.3) is 11.7 Å². The molecule has 73 heavy (non-hydrogen) atoms. The van der Waals surface area contributed by atoms with Crippen molar-refractivity contribution in [1.82, 2.24) is 4.90 Å². The van der Waals surface area contributed by atoms with Gasteiger partial charge in [0.1, 0.15) is 30.1 Å². The first-order chi connectivity index (χ1) is 34.6. The second-order valence-corrected chi connectivity index (χ2v) is 21.6. The van der Waals surface area contributed by atoms with Gasteiger partial charge in [0.2, 0.25) is 5.79 Å². The van der Waals surface area contributed by atoms with Gasteiger partial charge in [-0.25, -0.2) is 4.79 Å². The summed E-state index contributed by atoms with van der Waals surface area (Å²) in [6, 6.07) is 4.55. The van der Waals surface area contributed by atoms with Gasteiger partial charge < -0.3 is 49.2 Å². The van der Waals surface area contributed by atoms with Gasteiger partial charge in [-0.1, -0.05) is 82.7 Å². The number of piperidine rings is 1. The molecule has 16 heteroatoms. The number of carbonyl (C=O) groups is 4. The zero-order valence-corrected chi connectivity index (χ0v) is 44.6. The normalized spacial score (nSPS) is 37.2. The molecule has 4 aliphatic rings. The van der Waals surface area contributed by atoms with Crippen molar-refractivity contribution in [2.45, 2.75) is 193 Å². The summed E-state index contributed by atoms with van der Waals surface area (Å²) in [5.41, 5.74) is 1.85. The molecular formula is C57H84F2N2O12. The molecule has 1 unspecified atom stereocenters. The molecule has 1 aromatic rings. The van der Waals surface area contributed by atoms with Gasteiger partial charge in [-0.2, -0.15) is 8.78 Å². The van der Waals surface area contributed by atoms with Crippen LogP contribution in [0.25, 0.3) is 0 Å². The van der Waals surface area contributed by atoms with Crippen LogP contribution in [0.4, 0.5) is 14.5 Å². The van der Waals surface area contributed by atoms with Crippen molar-refractivity contribution < 1.29 is 67.0 Å². The van der Waals surface area contributed by atoms with Crippen LogP contribution in [0, 0.1) is 35.5 Å². The van der Waals surface area contributed by atoms with Crippen LogP contribution < -0.4 is 10.1 Å². The number of amides is 1. The highest BCUT2D eigenvalue weighted by Gasteiger charge is 2.53. The van der Waals surface area contributed by atoms with Crippen molar-refractivity contribution in [1.29, 1.82) is 0 Å². The molecule has 1 aromatic carbocycles. The molecule has 0 radical (unpaired) electrons. The van der Waals surface area contributed by atoms with E-state index in [1.807, 2.05) is 71.1 Å². The van der Waals surface area contributed by atoms with E-state index >= 15 is 0 Å². The molecule has 14 nitrogen and oxygen atoms in total. The standard InChI is InChI=1S/C57H84F2N2O12/c1-34-16-11-10-12-17-36(3)45(60-42-18-15-19-43(32-42)71-56(58)59)33-44-24-22-40(7)57(68,73-44)53(65)54(66)61-27-14-13-20-46(61)55(67)72-48(37(4)30-41-23-25-47(62)49(31-41)69-8)26-21-35(2)29-39(6)51(64)52(70-9)50(63)38(5)28-34/h10-12,15-19,29,32,34-35,37-38,40-41,44-49,51-52,56,60,62,64,68H,13-14,20-28,30-31,33H2,1-9H3/b12-10+,16-11+,36-17+,39-29+/t34-,35+,37-,38-,40-,41-,44+,45?,46+,47-,48+,49-,51-,52+,57-/m1/s1. The minimum Gasteiger partial charge on any atom is -0.461 e. The summed E-state index contributed by atoms with van der Waals surface area (Å²) in [5.74, 6) is -6.85. The van der Waals surface area contributed by atoms with Gasteiger partial charge in [0.05, 0.1) is 18.3 Å². The van der Waals surface area contributed by atoms with Gasteiger partial charge in [-0.3, -0.25) is 14.4 Å². The highest BCUT2D eigenvalue weighted by atomic mass is 19.3. The van der Waals surface area contributed by atoms with Crippen LogP contribution in [0.5, 0.6) is 5.75 Å². The molecule has 3 fully saturated rings. The third-order valence-electron chi connectivity index (χ3n) is 15.7. The lowest BCUT2D eigenvalue weighted by Crippen LogP contribution is -2.61. The van der Waals surface area contributed by atoms with Gasteiger partial charge >= 0.3 is 12.6 Å². The number of aliphatic hydroxyl groups excluding tert-OH is 2. The molecule has 408 valence electrons. The maximum absolute atomic E-state index is 14.5. The first kappa shape index (κ1) is 59.6. The number of ketones is 2. The minimum absolute atomic E-state index is 0.0105. The monoisotopic (exact) mass is 1030 g/mol. The lowest BCUT2D eigenvalue weighted by atomic mass is 9.78. The van der Waals surface area contributed by atoms with Gasteiger partial charge in [-0.15, -0.1) is 0 Å². The summed E-state index contributed by atoms with van der Waals surface area (Å²) in [5, 5.41) is 37.7. The van der Waals surface area contributed by atoms with E-state index < -0.39 is 84.5 Å². The summed E-state index contributed by atoms with van der Waals surface area (Å²) in [4.78, 5) is 58.5.